The van der Waals surface area contributed by atoms with E-state index in [1.54, 1.807) is 0 Å². The van der Waals surface area contributed by atoms with E-state index in [0.717, 1.165) is 0 Å². The number of anilines is 2. The summed E-state index contributed by atoms with van der Waals surface area (Å²) < 4.78 is 0. The number of unbranched alkanes of at least 4 members (excludes halogenated alkanes) is 1. The van der Waals surface area contributed by atoms with Crippen LogP contribution in [-0.2, 0) is 0 Å². The number of rotatable bonds is 3. The molecule has 0 bridgehead atoms. The molecule has 0 atom stereocenters. The first-order valence-corrected chi connectivity index (χ1v) is 6.43. The van der Waals surface area contributed by atoms with E-state index in [9.17, 15) is 0 Å². The Balaban J connectivity index is 2.35. The van der Waals surface area contributed by atoms with Crippen molar-refractivity contribution in [1.82, 2.24) is 0 Å². The number of benzene rings is 1. The predicted octanol–water partition coefficient (Wildman–Crippen LogP) is 3.99. The molecule has 0 aliphatic carbocycles. The molecule has 2 heteroatoms. The Bertz CT molecular complexity index is 403. The lowest BCUT2D eigenvalue weighted by atomic mass is 10.1. The fourth-order valence-corrected chi connectivity index (χ4v) is 2.61. The first-order valence-electron chi connectivity index (χ1n) is 6.43. The highest BCUT2D eigenvalue weighted by atomic mass is 15.4. The number of fused-ring (bicyclic) bond motifs is 1. The third-order valence-corrected chi connectivity index (χ3v) is 3.53. The summed E-state index contributed by atoms with van der Waals surface area (Å²) in [5.41, 5.74) is 4.09. The minimum atomic E-state index is 1.19. The summed E-state index contributed by atoms with van der Waals surface area (Å²) >= 11 is 0. The number of allylic oxidation sites excluding steroid dienone is 1. The van der Waals surface area contributed by atoms with Crippen molar-refractivity contribution < 1.29 is 0 Å². The van der Waals surface area contributed by atoms with Crippen LogP contribution < -0.4 is 9.80 Å². The summed E-state index contributed by atoms with van der Waals surface area (Å²) in [4.78, 5) is 4.61. The zero-order chi connectivity index (χ0) is 12.4. The Morgan fingerprint density at radius 3 is 2.06 bits per heavy atom. The molecule has 0 fully saturated rings. The molecule has 1 aliphatic rings. The molecule has 0 aromatic heterocycles. The summed E-state index contributed by atoms with van der Waals surface area (Å²) in [6, 6.07) is 8.58. The van der Waals surface area contributed by atoms with E-state index in [2.05, 4.69) is 62.0 Å². The van der Waals surface area contributed by atoms with Gasteiger partial charge in [-0.25, -0.2) is 0 Å². The van der Waals surface area contributed by atoms with Gasteiger partial charge in [0.25, 0.3) is 0 Å². The molecular weight excluding hydrogens is 208 g/mol. The van der Waals surface area contributed by atoms with Gasteiger partial charge in [-0.2, -0.15) is 0 Å². The smallest absolute Gasteiger partial charge is 0.111 e. The van der Waals surface area contributed by atoms with Crippen LogP contribution in [0.2, 0.25) is 0 Å². The zero-order valence-corrected chi connectivity index (χ0v) is 11.3. The average Bonchev–Trinajstić information content (AvgIpc) is 2.60. The van der Waals surface area contributed by atoms with E-state index in [1.165, 1.54) is 42.0 Å². The molecule has 1 heterocycles. The minimum absolute atomic E-state index is 1.19. The Hall–Kier alpha value is -1.44. The van der Waals surface area contributed by atoms with Crippen LogP contribution in [-0.4, -0.2) is 14.1 Å². The maximum atomic E-state index is 2.31. The highest BCUT2D eigenvalue weighted by molar-refractivity contribution is 5.82. The maximum Gasteiger partial charge on any atom is 0.111 e. The van der Waals surface area contributed by atoms with Crippen LogP contribution in [0.5, 0.6) is 0 Å². The van der Waals surface area contributed by atoms with Crippen LogP contribution >= 0.6 is 0 Å². The normalized spacial score (nSPS) is 14.2. The molecule has 0 amide bonds. The van der Waals surface area contributed by atoms with Gasteiger partial charge in [-0.05, 0) is 37.5 Å². The Kier molecular flexibility index (Phi) is 3.41. The summed E-state index contributed by atoms with van der Waals surface area (Å²) in [5, 5.41) is 0. The largest absolute Gasteiger partial charge is 0.329 e. The van der Waals surface area contributed by atoms with Gasteiger partial charge in [-0.3, -0.25) is 0 Å². The van der Waals surface area contributed by atoms with Crippen LogP contribution in [0.15, 0.2) is 35.7 Å². The van der Waals surface area contributed by atoms with Gasteiger partial charge in [-0.15, -0.1) is 0 Å². The Morgan fingerprint density at radius 1 is 1.06 bits per heavy atom. The second-order valence-electron chi connectivity index (χ2n) is 4.81. The summed E-state index contributed by atoms with van der Waals surface area (Å²) in [6.45, 7) is 4.50. The molecule has 2 nitrogen and oxygen atoms in total. The fourth-order valence-electron chi connectivity index (χ4n) is 2.61. The van der Waals surface area contributed by atoms with Crippen molar-refractivity contribution in [3.63, 3.8) is 0 Å². The molecule has 1 aromatic rings. The lowest BCUT2D eigenvalue weighted by Gasteiger charge is -2.21. The minimum Gasteiger partial charge on any atom is -0.329 e. The number of hydrogen-bond donors (Lipinski definition) is 0. The van der Waals surface area contributed by atoms with E-state index in [1.807, 2.05) is 0 Å². The SMILES string of the molecule is CCCCC(C)=C1N(C)c2ccccc2N1C. The highest BCUT2D eigenvalue weighted by Gasteiger charge is 2.26. The molecule has 17 heavy (non-hydrogen) atoms. The first-order chi connectivity index (χ1) is 8.16. The van der Waals surface area contributed by atoms with Crippen molar-refractivity contribution in [2.45, 2.75) is 33.1 Å². The lowest BCUT2D eigenvalue weighted by molar-refractivity contribution is 0.773. The summed E-state index contributed by atoms with van der Waals surface area (Å²) in [5.74, 6) is 1.35. The van der Waals surface area contributed by atoms with E-state index in [4.69, 9.17) is 0 Å². The van der Waals surface area contributed by atoms with E-state index >= 15 is 0 Å². The fraction of sp³-hybridized carbons (Fsp3) is 0.467. The van der Waals surface area contributed by atoms with Gasteiger partial charge in [0.2, 0.25) is 0 Å². The van der Waals surface area contributed by atoms with E-state index in [-0.39, 0.29) is 0 Å². The van der Waals surface area contributed by atoms with Crippen LogP contribution in [0.4, 0.5) is 11.4 Å². The molecular formula is C15H22N2. The van der Waals surface area contributed by atoms with Crippen molar-refractivity contribution in [3.8, 4) is 0 Å². The second-order valence-corrected chi connectivity index (χ2v) is 4.81. The van der Waals surface area contributed by atoms with Crippen LogP contribution in [0.25, 0.3) is 0 Å². The maximum absolute atomic E-state index is 2.31. The van der Waals surface area contributed by atoms with Crippen molar-refractivity contribution in [2.24, 2.45) is 0 Å². The second kappa shape index (κ2) is 4.82. The highest BCUT2D eigenvalue weighted by Crippen LogP contribution is 2.40. The molecule has 1 aliphatic heterocycles. The van der Waals surface area contributed by atoms with Gasteiger partial charge in [0, 0.05) is 14.1 Å². The Labute approximate surface area is 105 Å². The third-order valence-electron chi connectivity index (χ3n) is 3.53. The monoisotopic (exact) mass is 230 g/mol. The molecule has 0 spiro atoms. The molecule has 0 saturated carbocycles. The van der Waals surface area contributed by atoms with Crippen molar-refractivity contribution >= 4 is 11.4 Å². The van der Waals surface area contributed by atoms with Crippen LogP contribution in [0.3, 0.4) is 0 Å². The third kappa shape index (κ3) is 2.04. The van der Waals surface area contributed by atoms with Gasteiger partial charge >= 0.3 is 0 Å². The summed E-state index contributed by atoms with van der Waals surface area (Å²) in [7, 11) is 4.32. The quantitative estimate of drug-likeness (QED) is 0.774. The van der Waals surface area contributed by atoms with E-state index in [0.29, 0.717) is 0 Å². The van der Waals surface area contributed by atoms with Crippen molar-refractivity contribution in [2.75, 3.05) is 23.9 Å². The molecule has 0 N–H and O–H groups in total. The standard InChI is InChI=1S/C15H22N2/c1-5-6-9-12(2)15-16(3)13-10-7-8-11-14(13)17(15)4/h7-8,10-11H,5-6,9H2,1-4H3. The molecule has 0 radical (unpaired) electrons. The summed E-state index contributed by atoms with van der Waals surface area (Å²) in [6.07, 6.45) is 3.72. The molecule has 92 valence electrons. The molecule has 2 rings (SSSR count). The van der Waals surface area contributed by atoms with Gasteiger partial charge < -0.3 is 9.80 Å². The molecule has 0 unspecified atom stereocenters. The number of hydrogen-bond acceptors (Lipinski definition) is 2. The average molecular weight is 230 g/mol. The number of para-hydroxylation sites is 2. The lowest BCUT2D eigenvalue weighted by Crippen LogP contribution is -2.23. The van der Waals surface area contributed by atoms with Crippen LogP contribution in [0, 0.1) is 0 Å². The van der Waals surface area contributed by atoms with Gasteiger partial charge in [0.05, 0.1) is 11.4 Å². The number of nitrogens with zero attached hydrogens (tertiary/aromatic N) is 2. The van der Waals surface area contributed by atoms with Crippen LogP contribution in [0.1, 0.15) is 33.1 Å². The van der Waals surface area contributed by atoms with Crippen molar-refractivity contribution in [3.05, 3.63) is 35.7 Å². The van der Waals surface area contributed by atoms with E-state index < -0.39 is 0 Å². The van der Waals surface area contributed by atoms with Gasteiger partial charge in [-0.1, -0.05) is 25.5 Å². The van der Waals surface area contributed by atoms with Crippen molar-refractivity contribution in [1.29, 1.82) is 0 Å². The van der Waals surface area contributed by atoms with Gasteiger partial charge in [0.1, 0.15) is 5.82 Å². The van der Waals surface area contributed by atoms with Gasteiger partial charge in [0.15, 0.2) is 0 Å². The zero-order valence-electron chi connectivity index (χ0n) is 11.3. The first kappa shape index (κ1) is 12.0. The molecule has 0 saturated heterocycles. The topological polar surface area (TPSA) is 6.48 Å². The molecule has 1 aromatic carbocycles. The predicted molar refractivity (Wildman–Crippen MR) is 75.5 cm³/mol. The Morgan fingerprint density at radius 2 is 1.59 bits per heavy atom.